The fraction of sp³-hybridized carbons (Fsp3) is 0.364. The number of halogens is 5. The maximum atomic E-state index is 13.6. The van der Waals surface area contributed by atoms with Crippen molar-refractivity contribution in [2.45, 2.75) is 18.6 Å². The van der Waals surface area contributed by atoms with Crippen LogP contribution in [0.5, 0.6) is 0 Å². The molecule has 0 amide bonds. The fourth-order valence-corrected chi connectivity index (χ4v) is 2.14. The minimum absolute atomic E-state index is 0.380. The Kier molecular flexibility index (Phi) is 3.55. The number of anilines is 1. The standard InChI is InChI=1S/C11H8F5NO3/c12-5-6(13)8(15)10(9(16)7(5)14)17-2-3(18)1-4(17)11(19)20/h3-4,18H,1-2H2,(H,19,20). The van der Waals surface area contributed by atoms with E-state index in [2.05, 4.69) is 0 Å². The molecule has 1 aliphatic rings. The highest BCUT2D eigenvalue weighted by atomic mass is 19.2. The van der Waals surface area contributed by atoms with Crippen LogP contribution < -0.4 is 4.90 Å². The van der Waals surface area contributed by atoms with Gasteiger partial charge in [0.15, 0.2) is 23.3 Å². The van der Waals surface area contributed by atoms with Crippen molar-refractivity contribution in [2.75, 3.05) is 11.4 Å². The molecule has 2 atom stereocenters. The Morgan fingerprint density at radius 3 is 1.90 bits per heavy atom. The number of hydrogen-bond donors (Lipinski definition) is 2. The van der Waals surface area contributed by atoms with E-state index in [1.54, 1.807) is 0 Å². The molecule has 2 unspecified atom stereocenters. The molecule has 2 rings (SSSR count). The highest BCUT2D eigenvalue weighted by Crippen LogP contribution is 2.34. The van der Waals surface area contributed by atoms with Crippen molar-refractivity contribution in [3.05, 3.63) is 29.1 Å². The molecule has 4 nitrogen and oxygen atoms in total. The predicted molar refractivity (Wildman–Crippen MR) is 55.6 cm³/mol. The molecule has 0 bridgehead atoms. The molecule has 0 radical (unpaired) electrons. The van der Waals surface area contributed by atoms with Gasteiger partial charge in [-0.3, -0.25) is 0 Å². The van der Waals surface area contributed by atoms with Gasteiger partial charge in [0.25, 0.3) is 0 Å². The molecule has 1 aromatic rings. The second-order valence-corrected chi connectivity index (χ2v) is 4.31. The first-order chi connectivity index (χ1) is 9.25. The summed E-state index contributed by atoms with van der Waals surface area (Å²) >= 11 is 0. The molecule has 1 fully saturated rings. The summed E-state index contributed by atoms with van der Waals surface area (Å²) in [7, 11) is 0. The van der Waals surface area contributed by atoms with E-state index in [4.69, 9.17) is 5.11 Å². The van der Waals surface area contributed by atoms with E-state index in [9.17, 15) is 31.9 Å². The molecular weight excluding hydrogens is 289 g/mol. The van der Waals surface area contributed by atoms with Gasteiger partial charge in [0.1, 0.15) is 11.7 Å². The lowest BCUT2D eigenvalue weighted by Gasteiger charge is -2.24. The van der Waals surface area contributed by atoms with Crippen LogP contribution in [0.4, 0.5) is 27.6 Å². The lowest BCUT2D eigenvalue weighted by Crippen LogP contribution is -2.37. The van der Waals surface area contributed by atoms with Crippen LogP contribution in [0.3, 0.4) is 0 Å². The largest absolute Gasteiger partial charge is 0.480 e. The Morgan fingerprint density at radius 2 is 1.45 bits per heavy atom. The average Bonchev–Trinajstić information content (AvgIpc) is 2.76. The van der Waals surface area contributed by atoms with Crippen LogP contribution in [0, 0.1) is 29.1 Å². The first kappa shape index (κ1) is 14.5. The van der Waals surface area contributed by atoms with Crippen LogP contribution in [0.1, 0.15) is 6.42 Å². The van der Waals surface area contributed by atoms with Crippen molar-refractivity contribution in [1.82, 2.24) is 0 Å². The maximum absolute atomic E-state index is 13.6. The van der Waals surface area contributed by atoms with E-state index < -0.39 is 59.4 Å². The Labute approximate surface area is 109 Å². The maximum Gasteiger partial charge on any atom is 0.326 e. The van der Waals surface area contributed by atoms with Crippen molar-refractivity contribution < 1.29 is 37.0 Å². The zero-order chi connectivity index (χ0) is 15.2. The van der Waals surface area contributed by atoms with Gasteiger partial charge in [0.2, 0.25) is 5.82 Å². The minimum Gasteiger partial charge on any atom is -0.480 e. The first-order valence-electron chi connectivity index (χ1n) is 5.44. The van der Waals surface area contributed by atoms with E-state index in [1.807, 2.05) is 0 Å². The first-order valence-corrected chi connectivity index (χ1v) is 5.44. The summed E-state index contributed by atoms with van der Waals surface area (Å²) in [5.74, 6) is -12.4. The second kappa shape index (κ2) is 4.89. The molecule has 9 heteroatoms. The van der Waals surface area contributed by atoms with Crippen molar-refractivity contribution in [2.24, 2.45) is 0 Å². The van der Waals surface area contributed by atoms with Gasteiger partial charge >= 0.3 is 5.97 Å². The van der Waals surface area contributed by atoms with E-state index in [0.29, 0.717) is 4.90 Å². The van der Waals surface area contributed by atoms with E-state index >= 15 is 0 Å². The SMILES string of the molecule is O=C(O)C1CC(O)CN1c1c(F)c(F)c(F)c(F)c1F. The van der Waals surface area contributed by atoms with Crippen LogP contribution in [-0.4, -0.2) is 34.9 Å². The number of β-amino-alcohol motifs (C(OH)–C–C–N with tert-alkyl or cyclic N) is 1. The summed E-state index contributed by atoms with van der Waals surface area (Å²) in [6.07, 6.45) is -1.62. The summed E-state index contributed by atoms with van der Waals surface area (Å²) in [5.41, 5.74) is -1.34. The molecular formula is C11H8F5NO3. The molecule has 2 N–H and O–H groups in total. The molecule has 1 saturated heterocycles. The average molecular weight is 297 g/mol. The molecule has 1 heterocycles. The number of rotatable bonds is 2. The number of aliphatic carboxylic acids is 1. The van der Waals surface area contributed by atoms with Crippen molar-refractivity contribution in [1.29, 1.82) is 0 Å². The Bertz CT molecular complexity index is 551. The molecule has 0 spiro atoms. The number of benzene rings is 1. The zero-order valence-corrected chi connectivity index (χ0v) is 9.71. The van der Waals surface area contributed by atoms with Gasteiger partial charge < -0.3 is 15.1 Å². The molecule has 0 aliphatic carbocycles. The Balaban J connectivity index is 2.60. The lowest BCUT2D eigenvalue weighted by atomic mass is 10.2. The summed E-state index contributed by atoms with van der Waals surface area (Å²) in [4.78, 5) is 11.4. The molecule has 1 aromatic carbocycles. The van der Waals surface area contributed by atoms with E-state index in [-0.39, 0.29) is 6.42 Å². The Morgan fingerprint density at radius 1 is 1.00 bits per heavy atom. The van der Waals surface area contributed by atoms with Crippen molar-refractivity contribution in [3.63, 3.8) is 0 Å². The van der Waals surface area contributed by atoms with Crippen LogP contribution in [0.15, 0.2) is 0 Å². The number of aliphatic hydroxyl groups excluding tert-OH is 1. The highest BCUT2D eigenvalue weighted by Gasteiger charge is 2.41. The quantitative estimate of drug-likeness (QED) is 0.492. The number of hydrogen-bond acceptors (Lipinski definition) is 3. The molecule has 0 aromatic heterocycles. The third-order valence-corrected chi connectivity index (χ3v) is 3.04. The summed E-state index contributed by atoms with van der Waals surface area (Å²) in [6.45, 7) is -0.546. The Hall–Kier alpha value is -1.90. The summed E-state index contributed by atoms with van der Waals surface area (Å²) < 4.78 is 66.2. The number of carbonyl (C=O) groups is 1. The monoisotopic (exact) mass is 297 g/mol. The van der Waals surface area contributed by atoms with Crippen LogP contribution >= 0.6 is 0 Å². The molecule has 1 aliphatic heterocycles. The summed E-state index contributed by atoms with van der Waals surface area (Å²) in [5, 5.41) is 18.2. The van der Waals surface area contributed by atoms with Gasteiger partial charge in [-0.1, -0.05) is 0 Å². The minimum atomic E-state index is -2.32. The third kappa shape index (κ3) is 2.07. The summed E-state index contributed by atoms with van der Waals surface area (Å²) in [6, 6.07) is -1.57. The normalized spacial score (nSPS) is 22.4. The molecule has 0 saturated carbocycles. The van der Waals surface area contributed by atoms with Gasteiger partial charge in [-0.05, 0) is 0 Å². The van der Waals surface area contributed by atoms with Gasteiger partial charge in [0.05, 0.1) is 6.10 Å². The molecule has 110 valence electrons. The third-order valence-electron chi connectivity index (χ3n) is 3.04. The smallest absolute Gasteiger partial charge is 0.326 e. The number of nitrogens with zero attached hydrogens (tertiary/aromatic N) is 1. The predicted octanol–water partition coefficient (Wildman–Crippen LogP) is 1.41. The van der Waals surface area contributed by atoms with Crippen LogP contribution in [0.25, 0.3) is 0 Å². The number of aliphatic hydroxyl groups is 1. The highest BCUT2D eigenvalue weighted by molar-refractivity contribution is 5.79. The number of carboxylic acid groups (broad SMARTS) is 1. The van der Waals surface area contributed by atoms with Crippen molar-refractivity contribution >= 4 is 11.7 Å². The zero-order valence-electron chi connectivity index (χ0n) is 9.71. The lowest BCUT2D eigenvalue weighted by molar-refractivity contribution is -0.138. The van der Waals surface area contributed by atoms with Gasteiger partial charge in [0, 0.05) is 13.0 Å². The van der Waals surface area contributed by atoms with Crippen LogP contribution in [-0.2, 0) is 4.79 Å². The number of carboxylic acids is 1. The van der Waals surface area contributed by atoms with Gasteiger partial charge in [-0.25, -0.2) is 26.7 Å². The van der Waals surface area contributed by atoms with E-state index in [1.165, 1.54) is 0 Å². The van der Waals surface area contributed by atoms with Gasteiger partial charge in [-0.15, -0.1) is 0 Å². The fourth-order valence-electron chi connectivity index (χ4n) is 2.14. The topological polar surface area (TPSA) is 60.8 Å². The molecule has 20 heavy (non-hydrogen) atoms. The van der Waals surface area contributed by atoms with E-state index in [0.717, 1.165) is 0 Å². The van der Waals surface area contributed by atoms with Crippen molar-refractivity contribution in [3.8, 4) is 0 Å². The second-order valence-electron chi connectivity index (χ2n) is 4.31. The van der Waals surface area contributed by atoms with Crippen LogP contribution in [0.2, 0.25) is 0 Å². The van der Waals surface area contributed by atoms with Gasteiger partial charge in [-0.2, -0.15) is 0 Å².